The van der Waals surface area contributed by atoms with Gasteiger partial charge in [-0.15, -0.1) is 0 Å². The molecule has 0 bridgehead atoms. The normalized spacial score (nSPS) is 12.2. The van der Waals surface area contributed by atoms with Gasteiger partial charge in [0, 0.05) is 0 Å². The van der Waals surface area contributed by atoms with Gasteiger partial charge >= 0.3 is 5.97 Å². The Morgan fingerprint density at radius 1 is 1.10 bits per heavy atom. The van der Waals surface area contributed by atoms with Gasteiger partial charge in [0.2, 0.25) is 0 Å². The zero-order valence-electron chi connectivity index (χ0n) is 17.3. The predicted molar refractivity (Wildman–Crippen MR) is 117 cm³/mol. The lowest BCUT2D eigenvalue weighted by atomic mass is 10.2. The van der Waals surface area contributed by atoms with Crippen LogP contribution in [0.15, 0.2) is 48.5 Å². The number of aromatic nitrogens is 3. The van der Waals surface area contributed by atoms with Crippen LogP contribution in [0.25, 0.3) is 22.2 Å². The number of para-hydroxylation sites is 2. The van der Waals surface area contributed by atoms with Crippen LogP contribution in [0.2, 0.25) is 0 Å². The van der Waals surface area contributed by atoms with Gasteiger partial charge in [0.15, 0.2) is 5.65 Å². The molecule has 7 heteroatoms. The Hall–Kier alpha value is -3.61. The highest BCUT2D eigenvalue weighted by Gasteiger charge is 2.26. The van der Waals surface area contributed by atoms with Crippen LogP contribution < -0.4 is 10.5 Å². The Kier molecular flexibility index (Phi) is 5.27. The average Bonchev–Trinajstić information content (AvgIpc) is 3.03. The van der Waals surface area contributed by atoms with E-state index in [9.17, 15) is 4.79 Å². The minimum atomic E-state index is -0.482. The van der Waals surface area contributed by atoms with Crippen LogP contribution >= 0.6 is 0 Å². The number of methoxy groups -OCH3 is 1. The van der Waals surface area contributed by atoms with E-state index in [0.717, 1.165) is 16.8 Å². The van der Waals surface area contributed by atoms with Crippen LogP contribution in [0.1, 0.15) is 36.2 Å². The van der Waals surface area contributed by atoms with E-state index in [2.05, 4.69) is 0 Å². The fraction of sp³-hybridized carbons (Fsp3) is 0.261. The number of fused-ring (bicyclic) bond motifs is 2. The molecule has 0 aliphatic rings. The quantitative estimate of drug-likeness (QED) is 0.485. The van der Waals surface area contributed by atoms with Crippen LogP contribution in [-0.2, 0) is 11.3 Å². The van der Waals surface area contributed by atoms with Gasteiger partial charge in [-0.25, -0.2) is 14.8 Å². The summed E-state index contributed by atoms with van der Waals surface area (Å²) in [5.41, 5.74) is 10.2. The number of hydrogen-bond donors (Lipinski definition) is 1. The maximum Gasteiger partial charge on any atom is 0.344 e. The number of nitrogens with zero attached hydrogens (tertiary/aromatic N) is 3. The van der Waals surface area contributed by atoms with E-state index in [4.69, 9.17) is 25.2 Å². The van der Waals surface area contributed by atoms with Crippen molar-refractivity contribution in [3.05, 3.63) is 59.7 Å². The molecule has 0 unspecified atom stereocenters. The number of nitrogen functional groups attached to an aromatic ring is 1. The van der Waals surface area contributed by atoms with Crippen molar-refractivity contribution >= 4 is 34.0 Å². The monoisotopic (exact) mass is 404 g/mol. The second-order valence-electron chi connectivity index (χ2n) is 7.20. The Morgan fingerprint density at radius 2 is 1.77 bits per heavy atom. The van der Waals surface area contributed by atoms with Crippen LogP contribution in [0, 0.1) is 0 Å². The van der Waals surface area contributed by atoms with Crippen molar-refractivity contribution in [3.63, 3.8) is 0 Å². The molecular formula is C23H24N4O3. The summed E-state index contributed by atoms with van der Waals surface area (Å²) >= 11 is 0. The van der Waals surface area contributed by atoms with Gasteiger partial charge in [-0.05, 0) is 43.2 Å². The molecule has 2 N–H and O–H groups in total. The maximum atomic E-state index is 12.9. The molecule has 0 saturated carbocycles. The zero-order valence-corrected chi connectivity index (χ0v) is 17.3. The number of benzene rings is 2. The first-order chi connectivity index (χ1) is 14.5. The summed E-state index contributed by atoms with van der Waals surface area (Å²) in [5.74, 6) is 0.585. The van der Waals surface area contributed by atoms with Gasteiger partial charge in [0.05, 0.1) is 30.8 Å². The SMILES string of the molecule is CC[C@H](C)OC(=O)c1c(N)n(Cc2ccc(OC)cc2)c2nc3ccccc3nc12. The third-order valence-corrected chi connectivity index (χ3v) is 5.18. The van der Waals surface area contributed by atoms with Crippen molar-refractivity contribution in [3.8, 4) is 5.75 Å². The molecular weight excluding hydrogens is 380 g/mol. The van der Waals surface area contributed by atoms with Crippen molar-refractivity contribution in [2.45, 2.75) is 32.9 Å². The Balaban J connectivity index is 1.88. The van der Waals surface area contributed by atoms with E-state index in [1.54, 1.807) is 7.11 Å². The van der Waals surface area contributed by atoms with E-state index in [1.165, 1.54) is 0 Å². The molecule has 154 valence electrons. The molecule has 1 atom stereocenters. The van der Waals surface area contributed by atoms with Crippen molar-refractivity contribution in [1.29, 1.82) is 0 Å². The first-order valence-corrected chi connectivity index (χ1v) is 9.90. The van der Waals surface area contributed by atoms with E-state index < -0.39 is 5.97 Å². The van der Waals surface area contributed by atoms with Gasteiger partial charge in [-0.1, -0.05) is 31.2 Å². The van der Waals surface area contributed by atoms with Gasteiger partial charge in [-0.3, -0.25) is 0 Å². The molecule has 0 radical (unpaired) electrons. The Morgan fingerprint density at radius 3 is 2.40 bits per heavy atom. The fourth-order valence-corrected chi connectivity index (χ4v) is 3.32. The number of ether oxygens (including phenoxy) is 2. The Bertz CT molecular complexity index is 1210. The highest BCUT2D eigenvalue weighted by atomic mass is 16.5. The summed E-state index contributed by atoms with van der Waals surface area (Å²) in [6.45, 7) is 4.25. The molecule has 2 heterocycles. The first-order valence-electron chi connectivity index (χ1n) is 9.90. The Labute approximate surface area is 174 Å². The van der Waals surface area contributed by atoms with Gasteiger partial charge < -0.3 is 19.8 Å². The summed E-state index contributed by atoms with van der Waals surface area (Å²) in [4.78, 5) is 22.4. The average molecular weight is 404 g/mol. The predicted octanol–water partition coefficient (Wildman–Crippen LogP) is 4.18. The summed E-state index contributed by atoms with van der Waals surface area (Å²) in [7, 11) is 1.63. The minimum absolute atomic E-state index is 0.217. The van der Waals surface area contributed by atoms with Gasteiger partial charge in [-0.2, -0.15) is 0 Å². The molecule has 0 spiro atoms. The lowest BCUT2D eigenvalue weighted by Gasteiger charge is -2.11. The lowest BCUT2D eigenvalue weighted by Crippen LogP contribution is -2.16. The largest absolute Gasteiger partial charge is 0.497 e. The van der Waals surface area contributed by atoms with E-state index in [0.29, 0.717) is 35.5 Å². The lowest BCUT2D eigenvalue weighted by molar-refractivity contribution is 0.0338. The fourth-order valence-electron chi connectivity index (χ4n) is 3.32. The number of carbonyl (C=O) groups is 1. The van der Waals surface area contributed by atoms with Crippen molar-refractivity contribution in [1.82, 2.24) is 14.5 Å². The van der Waals surface area contributed by atoms with Gasteiger partial charge in [0.25, 0.3) is 0 Å². The maximum absolute atomic E-state index is 12.9. The number of nitrogens with two attached hydrogens (primary N) is 1. The third kappa shape index (κ3) is 3.54. The highest BCUT2D eigenvalue weighted by Crippen LogP contribution is 2.30. The topological polar surface area (TPSA) is 92.3 Å². The number of carbonyl (C=O) groups excluding carboxylic acids is 1. The molecule has 2 aromatic carbocycles. The smallest absolute Gasteiger partial charge is 0.344 e. The summed E-state index contributed by atoms with van der Waals surface area (Å²) in [6, 6.07) is 15.2. The van der Waals surface area contributed by atoms with Crippen LogP contribution in [0.5, 0.6) is 5.75 Å². The van der Waals surface area contributed by atoms with E-state index in [-0.39, 0.29) is 11.7 Å². The molecule has 4 aromatic rings. The first kappa shape index (κ1) is 19.7. The van der Waals surface area contributed by atoms with E-state index in [1.807, 2.05) is 66.9 Å². The molecule has 7 nitrogen and oxygen atoms in total. The van der Waals surface area contributed by atoms with E-state index >= 15 is 0 Å². The van der Waals surface area contributed by atoms with Crippen LogP contribution in [0.4, 0.5) is 5.82 Å². The number of anilines is 1. The van der Waals surface area contributed by atoms with Crippen molar-refractivity contribution in [2.75, 3.05) is 12.8 Å². The second kappa shape index (κ2) is 8.02. The molecule has 0 saturated heterocycles. The standard InChI is InChI=1S/C23H24N4O3/c1-4-14(2)30-23(28)19-20-22(26-18-8-6-5-7-17(18)25-20)27(21(19)24)13-15-9-11-16(29-3)12-10-15/h5-12,14H,4,13,24H2,1-3H3/t14-/m0/s1. The summed E-state index contributed by atoms with van der Waals surface area (Å²) < 4.78 is 12.6. The number of rotatable bonds is 6. The molecule has 0 amide bonds. The van der Waals surface area contributed by atoms with Crippen molar-refractivity contribution in [2.24, 2.45) is 0 Å². The zero-order chi connectivity index (χ0) is 21.3. The molecule has 4 rings (SSSR count). The molecule has 30 heavy (non-hydrogen) atoms. The van der Waals surface area contributed by atoms with Crippen LogP contribution in [-0.4, -0.2) is 33.7 Å². The minimum Gasteiger partial charge on any atom is -0.497 e. The van der Waals surface area contributed by atoms with Crippen LogP contribution in [0.3, 0.4) is 0 Å². The summed E-state index contributed by atoms with van der Waals surface area (Å²) in [5, 5.41) is 0. The second-order valence-corrected chi connectivity index (χ2v) is 7.20. The third-order valence-electron chi connectivity index (χ3n) is 5.18. The van der Waals surface area contributed by atoms with Crippen molar-refractivity contribution < 1.29 is 14.3 Å². The highest BCUT2D eigenvalue weighted by molar-refractivity contribution is 6.08. The van der Waals surface area contributed by atoms with Gasteiger partial charge in [0.1, 0.15) is 22.6 Å². The molecule has 0 fully saturated rings. The molecule has 0 aliphatic heterocycles. The number of hydrogen-bond acceptors (Lipinski definition) is 6. The summed E-state index contributed by atoms with van der Waals surface area (Å²) in [6.07, 6.45) is 0.496. The molecule has 2 aromatic heterocycles. The molecule has 0 aliphatic carbocycles. The number of esters is 1.